The zero-order valence-corrected chi connectivity index (χ0v) is 15.9. The summed E-state index contributed by atoms with van der Waals surface area (Å²) in [6.07, 6.45) is 1.36. The van der Waals surface area contributed by atoms with Gasteiger partial charge in [-0.3, -0.25) is 19.5 Å². The van der Waals surface area contributed by atoms with Crippen LogP contribution in [0.1, 0.15) is 41.5 Å². The van der Waals surface area contributed by atoms with Crippen LogP contribution in [0, 0.1) is 12.8 Å². The number of H-pyrrole nitrogens is 1. The van der Waals surface area contributed by atoms with Crippen molar-refractivity contribution in [1.82, 2.24) is 25.4 Å². The maximum absolute atomic E-state index is 12.4. The van der Waals surface area contributed by atoms with Gasteiger partial charge in [0.2, 0.25) is 5.91 Å². The van der Waals surface area contributed by atoms with Gasteiger partial charge in [-0.05, 0) is 38.8 Å². The standard InChI is InChI=1S/C19H25N5O4/c1-3-24-5-4-12(9-17(24)26)19(28)21-15-7-13(8-16(15)25)18(27)20-10-14-6-11(2)22-23-14/h4-6,9,13,15-16,25H,3,7-8,10H2,1-2H3,(H,20,27)(H,21,28)(H,22,23)/t13-,15+,16+/m0/s1. The molecule has 28 heavy (non-hydrogen) atoms. The van der Waals surface area contributed by atoms with Gasteiger partial charge in [0.05, 0.1) is 24.4 Å². The van der Waals surface area contributed by atoms with Crippen LogP contribution < -0.4 is 16.2 Å². The number of carbonyl (C=O) groups is 2. The minimum atomic E-state index is -0.816. The normalized spacial score (nSPS) is 21.5. The van der Waals surface area contributed by atoms with Crippen LogP contribution in [-0.4, -0.2) is 43.8 Å². The minimum absolute atomic E-state index is 0.179. The van der Waals surface area contributed by atoms with E-state index in [1.807, 2.05) is 19.9 Å². The number of aromatic nitrogens is 3. The highest BCUT2D eigenvalue weighted by Crippen LogP contribution is 2.26. The molecule has 150 valence electrons. The van der Waals surface area contributed by atoms with Gasteiger partial charge in [0.25, 0.3) is 11.5 Å². The summed E-state index contributed by atoms with van der Waals surface area (Å²) in [4.78, 5) is 36.7. The van der Waals surface area contributed by atoms with Crippen LogP contribution in [0.2, 0.25) is 0 Å². The van der Waals surface area contributed by atoms with Crippen LogP contribution in [0.4, 0.5) is 0 Å². The first-order valence-corrected chi connectivity index (χ1v) is 9.35. The molecule has 9 nitrogen and oxygen atoms in total. The van der Waals surface area contributed by atoms with Gasteiger partial charge in [-0.2, -0.15) is 5.10 Å². The average molecular weight is 387 g/mol. The van der Waals surface area contributed by atoms with Gasteiger partial charge in [-0.1, -0.05) is 0 Å². The van der Waals surface area contributed by atoms with E-state index < -0.39 is 24.0 Å². The second-order valence-electron chi connectivity index (χ2n) is 7.12. The second kappa shape index (κ2) is 8.39. The van der Waals surface area contributed by atoms with Crippen molar-refractivity contribution in [2.45, 2.75) is 51.9 Å². The maximum Gasteiger partial charge on any atom is 0.251 e. The Kier molecular flexibility index (Phi) is 5.93. The lowest BCUT2D eigenvalue weighted by atomic mass is 10.1. The quantitative estimate of drug-likeness (QED) is 0.558. The lowest BCUT2D eigenvalue weighted by Crippen LogP contribution is -2.40. The molecule has 2 heterocycles. The smallest absolute Gasteiger partial charge is 0.251 e. The van der Waals surface area contributed by atoms with Crippen molar-refractivity contribution in [3.8, 4) is 0 Å². The van der Waals surface area contributed by atoms with Crippen molar-refractivity contribution >= 4 is 11.8 Å². The zero-order valence-electron chi connectivity index (χ0n) is 15.9. The van der Waals surface area contributed by atoms with Gasteiger partial charge >= 0.3 is 0 Å². The molecule has 1 saturated carbocycles. The van der Waals surface area contributed by atoms with Crippen LogP contribution >= 0.6 is 0 Å². The van der Waals surface area contributed by atoms with Crippen molar-refractivity contribution in [2.75, 3.05) is 0 Å². The molecular formula is C19H25N5O4. The largest absolute Gasteiger partial charge is 0.391 e. The van der Waals surface area contributed by atoms with E-state index >= 15 is 0 Å². The number of aliphatic hydroxyl groups excluding tert-OH is 1. The molecule has 2 amide bonds. The molecule has 0 spiro atoms. The second-order valence-corrected chi connectivity index (χ2v) is 7.12. The van der Waals surface area contributed by atoms with Gasteiger partial charge in [0, 0.05) is 36.0 Å². The Morgan fingerprint density at radius 3 is 2.79 bits per heavy atom. The van der Waals surface area contributed by atoms with Gasteiger partial charge < -0.3 is 20.3 Å². The van der Waals surface area contributed by atoms with E-state index in [9.17, 15) is 19.5 Å². The summed E-state index contributed by atoms with van der Waals surface area (Å²) in [5.74, 6) is -1.01. The highest BCUT2D eigenvalue weighted by atomic mass is 16.3. The molecule has 1 aliphatic rings. The number of rotatable bonds is 6. The number of nitrogens with zero attached hydrogens (tertiary/aromatic N) is 2. The molecule has 2 aromatic heterocycles. The Morgan fingerprint density at radius 1 is 1.36 bits per heavy atom. The highest BCUT2D eigenvalue weighted by molar-refractivity contribution is 5.94. The van der Waals surface area contributed by atoms with E-state index in [0.717, 1.165) is 11.4 Å². The summed E-state index contributed by atoms with van der Waals surface area (Å²) < 4.78 is 1.49. The predicted octanol–water partition coefficient (Wildman–Crippen LogP) is 0.0854. The summed E-state index contributed by atoms with van der Waals surface area (Å²) in [5, 5.41) is 22.7. The molecule has 0 radical (unpaired) electrons. The number of aromatic amines is 1. The molecule has 3 rings (SSSR count). The molecule has 0 aromatic carbocycles. The van der Waals surface area contributed by atoms with Gasteiger partial charge in [0.15, 0.2) is 0 Å². The first-order chi connectivity index (χ1) is 13.4. The average Bonchev–Trinajstić information content (AvgIpc) is 3.25. The fraction of sp³-hybridized carbons (Fsp3) is 0.474. The van der Waals surface area contributed by atoms with Crippen molar-refractivity contribution in [3.63, 3.8) is 0 Å². The van der Waals surface area contributed by atoms with Crippen LogP contribution in [0.5, 0.6) is 0 Å². The number of pyridine rings is 1. The first kappa shape index (κ1) is 19.8. The summed E-state index contributed by atoms with van der Waals surface area (Å²) in [6.45, 7) is 4.55. The molecule has 0 aliphatic heterocycles. The van der Waals surface area contributed by atoms with E-state index in [2.05, 4.69) is 20.8 Å². The van der Waals surface area contributed by atoms with E-state index in [1.54, 1.807) is 12.3 Å². The van der Waals surface area contributed by atoms with Gasteiger partial charge in [0.1, 0.15) is 0 Å². The summed E-state index contributed by atoms with van der Waals surface area (Å²) in [5.41, 5.74) is 1.63. The number of nitrogens with one attached hydrogen (secondary N) is 3. The molecule has 0 bridgehead atoms. The van der Waals surface area contributed by atoms with Crippen LogP contribution in [0.3, 0.4) is 0 Å². The summed E-state index contributed by atoms with van der Waals surface area (Å²) >= 11 is 0. The van der Waals surface area contributed by atoms with Crippen LogP contribution in [0.25, 0.3) is 0 Å². The lowest BCUT2D eigenvalue weighted by Gasteiger charge is -2.16. The number of carbonyl (C=O) groups excluding carboxylic acids is 2. The highest BCUT2D eigenvalue weighted by Gasteiger charge is 2.37. The Labute approximate surface area is 162 Å². The van der Waals surface area contributed by atoms with Crippen molar-refractivity contribution in [3.05, 3.63) is 51.7 Å². The Morgan fingerprint density at radius 2 is 2.14 bits per heavy atom. The van der Waals surface area contributed by atoms with Crippen molar-refractivity contribution in [2.24, 2.45) is 5.92 Å². The number of aryl methyl sites for hydroxylation is 2. The number of hydrogen-bond donors (Lipinski definition) is 4. The number of amides is 2. The fourth-order valence-electron chi connectivity index (χ4n) is 3.43. The van der Waals surface area contributed by atoms with Crippen molar-refractivity contribution in [1.29, 1.82) is 0 Å². The van der Waals surface area contributed by atoms with Crippen molar-refractivity contribution < 1.29 is 14.7 Å². The molecule has 3 atom stereocenters. The lowest BCUT2D eigenvalue weighted by molar-refractivity contribution is -0.125. The van der Waals surface area contributed by atoms with Gasteiger partial charge in [-0.15, -0.1) is 0 Å². The fourth-order valence-corrected chi connectivity index (χ4v) is 3.43. The third-order valence-electron chi connectivity index (χ3n) is 5.02. The molecule has 0 saturated heterocycles. The first-order valence-electron chi connectivity index (χ1n) is 9.35. The van der Waals surface area contributed by atoms with E-state index in [0.29, 0.717) is 19.5 Å². The Hall–Kier alpha value is -2.94. The Bertz CT molecular complexity index is 919. The molecule has 1 fully saturated rings. The minimum Gasteiger partial charge on any atom is -0.391 e. The van der Waals surface area contributed by atoms with E-state index in [1.165, 1.54) is 10.6 Å². The number of aliphatic hydroxyl groups is 1. The van der Waals surface area contributed by atoms with E-state index in [4.69, 9.17) is 0 Å². The third kappa shape index (κ3) is 4.48. The molecule has 2 aromatic rings. The molecule has 9 heteroatoms. The van der Waals surface area contributed by atoms with E-state index in [-0.39, 0.29) is 23.5 Å². The number of hydrogen-bond acceptors (Lipinski definition) is 5. The maximum atomic E-state index is 12.4. The Balaban J connectivity index is 1.55. The monoisotopic (exact) mass is 387 g/mol. The molecule has 0 unspecified atom stereocenters. The SMILES string of the molecule is CCn1ccc(C(=O)N[C@@H]2C[C@H](C(=O)NCc3cc(C)[nH]n3)C[C@H]2O)cc1=O. The predicted molar refractivity (Wildman–Crippen MR) is 102 cm³/mol. The molecule has 1 aliphatic carbocycles. The third-order valence-corrected chi connectivity index (χ3v) is 5.02. The summed E-state index contributed by atoms with van der Waals surface area (Å²) in [6, 6.07) is 4.15. The van der Waals surface area contributed by atoms with Crippen LogP contribution in [0.15, 0.2) is 29.2 Å². The van der Waals surface area contributed by atoms with Crippen LogP contribution in [-0.2, 0) is 17.9 Å². The molecule has 4 N–H and O–H groups in total. The summed E-state index contributed by atoms with van der Waals surface area (Å²) in [7, 11) is 0. The topological polar surface area (TPSA) is 129 Å². The molecular weight excluding hydrogens is 362 g/mol. The zero-order chi connectivity index (χ0) is 20.3. The van der Waals surface area contributed by atoms with Gasteiger partial charge in [-0.25, -0.2) is 0 Å².